The molecule has 1 fully saturated rings. The molecule has 1 aliphatic heterocycles. The maximum absolute atomic E-state index is 12.8. The highest BCUT2D eigenvalue weighted by atomic mass is 16.5. The van der Waals surface area contributed by atoms with Crippen LogP contribution in [0.5, 0.6) is 0 Å². The molecule has 2 aromatic carbocycles. The van der Waals surface area contributed by atoms with E-state index in [-0.39, 0.29) is 36.4 Å². The Hall–Kier alpha value is -3.65. The van der Waals surface area contributed by atoms with Crippen molar-refractivity contribution in [2.45, 2.75) is 57.6 Å². The summed E-state index contributed by atoms with van der Waals surface area (Å²) in [7, 11) is 0. The quantitative estimate of drug-likeness (QED) is 0.419. The molecule has 3 N–H and O–H groups in total. The monoisotopic (exact) mass is 503 g/mol. The van der Waals surface area contributed by atoms with E-state index in [0.29, 0.717) is 5.82 Å². The molecule has 1 aliphatic rings. The fraction of sp³-hybridized carbons (Fsp3) is 0.414. The number of carbonyl (C=O) groups excluding carboxylic acids is 2. The summed E-state index contributed by atoms with van der Waals surface area (Å²) in [5.41, 5.74) is 2.57. The van der Waals surface area contributed by atoms with Crippen molar-refractivity contribution in [2.24, 2.45) is 0 Å². The molecule has 2 heterocycles. The number of rotatable bonds is 8. The van der Waals surface area contributed by atoms with Gasteiger partial charge < -0.3 is 20.7 Å². The maximum atomic E-state index is 12.8. The number of anilines is 1. The fourth-order valence-corrected chi connectivity index (χ4v) is 4.78. The third kappa shape index (κ3) is 6.57. The lowest BCUT2D eigenvalue weighted by atomic mass is 9.71. The van der Waals surface area contributed by atoms with Crippen LogP contribution in [0.1, 0.15) is 56.9 Å². The minimum Gasteiger partial charge on any atom is -0.445 e. The highest BCUT2D eigenvalue weighted by Gasteiger charge is 2.39. The van der Waals surface area contributed by atoms with Gasteiger partial charge in [-0.3, -0.25) is 4.79 Å². The summed E-state index contributed by atoms with van der Waals surface area (Å²) < 4.78 is 7.11. The van der Waals surface area contributed by atoms with Gasteiger partial charge in [-0.05, 0) is 57.8 Å². The normalized spacial score (nSPS) is 15.1. The minimum atomic E-state index is -0.547. The Balaban J connectivity index is 1.43. The molecule has 8 nitrogen and oxygen atoms in total. The van der Waals surface area contributed by atoms with Crippen molar-refractivity contribution in [1.82, 2.24) is 20.4 Å². The first-order valence-corrected chi connectivity index (χ1v) is 12.9. The molecular formula is C29H37N5O3. The predicted molar refractivity (Wildman–Crippen MR) is 144 cm³/mol. The van der Waals surface area contributed by atoms with Crippen LogP contribution in [0.4, 0.5) is 10.6 Å². The van der Waals surface area contributed by atoms with Crippen molar-refractivity contribution in [2.75, 3.05) is 25.0 Å². The van der Waals surface area contributed by atoms with Gasteiger partial charge in [0.05, 0.1) is 11.2 Å². The number of benzene rings is 2. The average molecular weight is 504 g/mol. The summed E-state index contributed by atoms with van der Waals surface area (Å²) in [6.07, 6.45) is 1.44. The molecule has 1 saturated heterocycles. The van der Waals surface area contributed by atoms with Crippen LogP contribution in [0.3, 0.4) is 0 Å². The highest BCUT2D eigenvalue weighted by molar-refractivity contribution is 5.90. The van der Waals surface area contributed by atoms with Crippen molar-refractivity contribution < 1.29 is 14.3 Å². The number of ether oxygens (including phenoxy) is 1. The smallest absolute Gasteiger partial charge is 0.407 e. The van der Waals surface area contributed by atoms with Crippen LogP contribution in [0.25, 0.3) is 0 Å². The molecule has 0 aliphatic carbocycles. The number of amides is 2. The molecule has 8 heteroatoms. The van der Waals surface area contributed by atoms with Gasteiger partial charge in [0.1, 0.15) is 12.4 Å². The van der Waals surface area contributed by atoms with Crippen LogP contribution in [0, 0.1) is 0 Å². The summed E-state index contributed by atoms with van der Waals surface area (Å²) >= 11 is 0. The minimum absolute atomic E-state index is 0.124. The van der Waals surface area contributed by atoms with Gasteiger partial charge in [-0.25, -0.2) is 9.48 Å². The van der Waals surface area contributed by atoms with Crippen LogP contribution in [-0.4, -0.2) is 41.4 Å². The molecule has 37 heavy (non-hydrogen) atoms. The largest absolute Gasteiger partial charge is 0.445 e. The van der Waals surface area contributed by atoms with Crippen LogP contribution >= 0.6 is 0 Å². The molecule has 4 rings (SSSR count). The van der Waals surface area contributed by atoms with Crippen molar-refractivity contribution in [1.29, 1.82) is 0 Å². The lowest BCUT2D eigenvalue weighted by molar-refractivity contribution is -0.116. The second-order valence-corrected chi connectivity index (χ2v) is 10.5. The first-order valence-electron chi connectivity index (χ1n) is 12.9. The van der Waals surface area contributed by atoms with E-state index in [9.17, 15) is 9.59 Å². The Morgan fingerprint density at radius 1 is 1.03 bits per heavy atom. The zero-order chi connectivity index (χ0) is 26.3. The van der Waals surface area contributed by atoms with Gasteiger partial charge in [0.2, 0.25) is 5.91 Å². The molecule has 1 aromatic heterocycles. The van der Waals surface area contributed by atoms with Gasteiger partial charge in [0, 0.05) is 24.4 Å². The molecule has 0 bridgehead atoms. The third-order valence-corrected chi connectivity index (χ3v) is 6.72. The molecule has 196 valence electrons. The number of piperidine rings is 1. The maximum Gasteiger partial charge on any atom is 0.407 e. The van der Waals surface area contributed by atoms with Crippen molar-refractivity contribution in [3.05, 3.63) is 83.6 Å². The van der Waals surface area contributed by atoms with Crippen molar-refractivity contribution >= 4 is 17.8 Å². The number of nitrogens with one attached hydrogen (secondary N) is 3. The SMILES string of the molecule is CC(C)(C)n1nc(C2(c3ccccc3)CCNCC2)cc1NC(=O)CCNC(=O)OCc1ccccc1. The van der Waals surface area contributed by atoms with E-state index in [0.717, 1.165) is 37.2 Å². The molecular weight excluding hydrogens is 466 g/mol. The number of carbonyl (C=O) groups is 2. The highest BCUT2D eigenvalue weighted by Crippen LogP contribution is 2.41. The lowest BCUT2D eigenvalue weighted by Crippen LogP contribution is -2.41. The molecule has 2 amide bonds. The van der Waals surface area contributed by atoms with Crippen LogP contribution in [0.2, 0.25) is 0 Å². The number of hydrogen-bond acceptors (Lipinski definition) is 5. The zero-order valence-electron chi connectivity index (χ0n) is 21.9. The molecule has 0 unspecified atom stereocenters. The molecule has 0 atom stereocenters. The van der Waals surface area contributed by atoms with E-state index < -0.39 is 6.09 Å². The predicted octanol–water partition coefficient (Wildman–Crippen LogP) is 4.56. The Labute approximate surface area is 218 Å². The number of aromatic nitrogens is 2. The summed E-state index contributed by atoms with van der Waals surface area (Å²) in [6, 6.07) is 22.0. The molecule has 3 aromatic rings. The summed E-state index contributed by atoms with van der Waals surface area (Å²) in [5, 5.41) is 14.2. The van der Waals surface area contributed by atoms with Crippen molar-refractivity contribution in [3.63, 3.8) is 0 Å². The van der Waals surface area contributed by atoms with Gasteiger partial charge in [0.15, 0.2) is 0 Å². The van der Waals surface area contributed by atoms with Gasteiger partial charge in [-0.15, -0.1) is 0 Å². The van der Waals surface area contributed by atoms with Crippen LogP contribution in [-0.2, 0) is 27.1 Å². The van der Waals surface area contributed by atoms with E-state index >= 15 is 0 Å². The third-order valence-electron chi connectivity index (χ3n) is 6.72. The first-order chi connectivity index (χ1) is 17.8. The second-order valence-electron chi connectivity index (χ2n) is 10.5. The Morgan fingerprint density at radius 2 is 1.68 bits per heavy atom. The standard InChI is InChI=1S/C29H37N5O3/c1-28(2,3)34-25(32-26(35)14-17-31-27(36)37-21-22-10-6-4-7-11-22)20-24(33-34)29(15-18-30-19-16-29)23-12-8-5-9-13-23/h4-13,20,30H,14-19,21H2,1-3H3,(H,31,36)(H,32,35). The Kier molecular flexibility index (Phi) is 8.28. The summed E-state index contributed by atoms with van der Waals surface area (Å²) in [5.74, 6) is 0.465. The second kappa shape index (κ2) is 11.6. The van der Waals surface area contributed by atoms with E-state index in [1.807, 2.05) is 47.1 Å². The van der Waals surface area contributed by atoms with E-state index in [4.69, 9.17) is 9.84 Å². The Bertz CT molecular complexity index is 1180. The van der Waals surface area contributed by atoms with Gasteiger partial charge in [-0.1, -0.05) is 60.7 Å². The number of hydrogen-bond donors (Lipinski definition) is 3. The number of nitrogens with zero attached hydrogens (tertiary/aromatic N) is 2. The zero-order valence-corrected chi connectivity index (χ0v) is 21.9. The molecule has 0 saturated carbocycles. The fourth-order valence-electron chi connectivity index (χ4n) is 4.78. The summed E-state index contributed by atoms with van der Waals surface area (Å²) in [6.45, 7) is 8.39. The first kappa shape index (κ1) is 26.4. The lowest BCUT2D eigenvalue weighted by Gasteiger charge is -2.37. The van der Waals surface area contributed by atoms with Gasteiger partial charge >= 0.3 is 6.09 Å². The topological polar surface area (TPSA) is 97.3 Å². The Morgan fingerprint density at radius 3 is 2.32 bits per heavy atom. The van der Waals surface area contributed by atoms with Gasteiger partial charge in [-0.2, -0.15) is 5.10 Å². The van der Waals surface area contributed by atoms with Gasteiger partial charge in [0.25, 0.3) is 0 Å². The van der Waals surface area contributed by atoms with E-state index in [1.54, 1.807) is 0 Å². The van der Waals surface area contributed by atoms with Crippen LogP contribution < -0.4 is 16.0 Å². The van der Waals surface area contributed by atoms with Crippen molar-refractivity contribution in [3.8, 4) is 0 Å². The summed E-state index contributed by atoms with van der Waals surface area (Å²) in [4.78, 5) is 24.8. The van der Waals surface area contributed by atoms with E-state index in [1.165, 1.54) is 5.56 Å². The average Bonchev–Trinajstić information content (AvgIpc) is 3.34. The molecule has 0 spiro atoms. The molecule has 0 radical (unpaired) electrons. The van der Waals surface area contributed by atoms with Crippen LogP contribution in [0.15, 0.2) is 66.7 Å². The van der Waals surface area contributed by atoms with E-state index in [2.05, 4.69) is 61.0 Å². The number of alkyl carbamates (subject to hydrolysis) is 1.